The van der Waals surface area contributed by atoms with Gasteiger partial charge in [-0.15, -0.1) is 0 Å². The summed E-state index contributed by atoms with van der Waals surface area (Å²) in [6.07, 6.45) is 0. The highest BCUT2D eigenvalue weighted by molar-refractivity contribution is 6.34. The van der Waals surface area contributed by atoms with Crippen LogP contribution in [0.3, 0.4) is 0 Å². The molecule has 1 rings (SSSR count). The van der Waals surface area contributed by atoms with E-state index in [4.69, 9.17) is 11.6 Å². The molecule has 6 nitrogen and oxygen atoms in total. The average molecular weight is 286 g/mol. The molecule has 0 aromatic heterocycles. The minimum absolute atomic E-state index is 0.0934. The molecule has 0 saturated carbocycles. The number of nitrogens with zero attached hydrogens (tertiary/aromatic N) is 3. The van der Waals surface area contributed by atoms with E-state index in [0.717, 1.165) is 6.54 Å². The van der Waals surface area contributed by atoms with Crippen molar-refractivity contribution in [1.29, 1.82) is 0 Å². The summed E-state index contributed by atoms with van der Waals surface area (Å²) in [6.45, 7) is 1.28. The third kappa shape index (κ3) is 4.18. The van der Waals surface area contributed by atoms with Gasteiger partial charge >= 0.3 is 0 Å². The Morgan fingerprint density at radius 3 is 2.42 bits per heavy atom. The van der Waals surface area contributed by atoms with Crippen LogP contribution in [0.15, 0.2) is 18.2 Å². The number of rotatable bonds is 5. The smallest absolute Gasteiger partial charge is 0.270 e. The van der Waals surface area contributed by atoms with Crippen molar-refractivity contribution in [3.05, 3.63) is 38.9 Å². The molecule has 0 fully saturated rings. The summed E-state index contributed by atoms with van der Waals surface area (Å²) in [5.74, 6) is -0.248. The van der Waals surface area contributed by atoms with Crippen LogP contribution in [-0.2, 0) is 0 Å². The average Bonchev–Trinajstić information content (AvgIpc) is 2.34. The monoisotopic (exact) mass is 285 g/mol. The molecule has 0 aliphatic heterocycles. The number of nitro benzene ring substituents is 1. The number of halogens is 1. The highest BCUT2D eigenvalue weighted by Gasteiger charge is 2.17. The molecule has 7 heteroatoms. The molecular formula is C12H16ClN3O3. The van der Waals surface area contributed by atoms with Gasteiger partial charge in [-0.05, 0) is 20.2 Å². The van der Waals surface area contributed by atoms with Gasteiger partial charge in [-0.1, -0.05) is 11.6 Å². The van der Waals surface area contributed by atoms with Crippen molar-refractivity contribution >= 4 is 23.2 Å². The zero-order valence-corrected chi connectivity index (χ0v) is 11.8. The van der Waals surface area contributed by atoms with Crippen molar-refractivity contribution in [2.75, 3.05) is 34.2 Å². The summed E-state index contributed by atoms with van der Waals surface area (Å²) in [5.41, 5.74) is 0.144. The number of carbonyl (C=O) groups is 1. The van der Waals surface area contributed by atoms with E-state index in [2.05, 4.69) is 0 Å². The zero-order chi connectivity index (χ0) is 14.6. The maximum atomic E-state index is 12.1. The summed E-state index contributed by atoms with van der Waals surface area (Å²) < 4.78 is 0. The number of likely N-dealkylation sites (N-methyl/N-ethyl adjacent to an activating group) is 2. The first-order chi connectivity index (χ1) is 8.82. The number of amides is 1. The third-order valence-electron chi connectivity index (χ3n) is 2.62. The van der Waals surface area contributed by atoms with E-state index >= 15 is 0 Å². The van der Waals surface area contributed by atoms with Crippen LogP contribution in [0.1, 0.15) is 10.4 Å². The normalized spacial score (nSPS) is 10.6. The van der Waals surface area contributed by atoms with Crippen LogP contribution in [0.5, 0.6) is 0 Å². The van der Waals surface area contributed by atoms with Crippen molar-refractivity contribution in [2.24, 2.45) is 0 Å². The first-order valence-electron chi connectivity index (χ1n) is 5.67. The number of nitro groups is 1. The van der Waals surface area contributed by atoms with E-state index in [0.29, 0.717) is 6.54 Å². The lowest BCUT2D eigenvalue weighted by Crippen LogP contribution is -2.33. The maximum absolute atomic E-state index is 12.1. The molecule has 0 unspecified atom stereocenters. The predicted molar refractivity (Wildman–Crippen MR) is 73.6 cm³/mol. The maximum Gasteiger partial charge on any atom is 0.270 e. The van der Waals surface area contributed by atoms with Crippen LogP contribution < -0.4 is 0 Å². The Kier molecular flexibility index (Phi) is 5.26. The van der Waals surface area contributed by atoms with E-state index in [1.165, 1.54) is 23.1 Å². The molecule has 1 amide bonds. The second kappa shape index (κ2) is 6.49. The number of benzene rings is 1. The fraction of sp³-hybridized carbons (Fsp3) is 0.417. The van der Waals surface area contributed by atoms with Crippen molar-refractivity contribution in [3.63, 3.8) is 0 Å². The number of hydrogen-bond donors (Lipinski definition) is 0. The van der Waals surface area contributed by atoms with Gasteiger partial charge < -0.3 is 9.80 Å². The summed E-state index contributed by atoms with van der Waals surface area (Å²) in [7, 11) is 5.50. The Morgan fingerprint density at radius 1 is 1.32 bits per heavy atom. The Labute approximate surface area is 116 Å². The largest absolute Gasteiger partial charge is 0.340 e. The predicted octanol–water partition coefficient (Wildman–Crippen LogP) is 1.88. The molecule has 0 aliphatic carbocycles. The van der Waals surface area contributed by atoms with Gasteiger partial charge in [0.05, 0.1) is 15.5 Å². The van der Waals surface area contributed by atoms with Gasteiger partial charge in [0.2, 0.25) is 0 Å². The minimum Gasteiger partial charge on any atom is -0.340 e. The molecule has 0 saturated heterocycles. The van der Waals surface area contributed by atoms with Gasteiger partial charge in [0, 0.05) is 32.3 Å². The Morgan fingerprint density at radius 2 is 1.95 bits per heavy atom. The molecule has 19 heavy (non-hydrogen) atoms. The van der Waals surface area contributed by atoms with Gasteiger partial charge in [0.25, 0.3) is 11.6 Å². The minimum atomic E-state index is -0.546. The second-order valence-corrected chi connectivity index (χ2v) is 4.86. The molecule has 0 bridgehead atoms. The quantitative estimate of drug-likeness (QED) is 0.612. The Hall–Kier alpha value is -1.66. The first-order valence-corrected chi connectivity index (χ1v) is 6.05. The highest BCUT2D eigenvalue weighted by atomic mass is 35.5. The molecule has 0 spiro atoms. The van der Waals surface area contributed by atoms with Crippen LogP contribution in [0.2, 0.25) is 5.02 Å². The van der Waals surface area contributed by atoms with E-state index < -0.39 is 4.92 Å². The topological polar surface area (TPSA) is 66.7 Å². The summed E-state index contributed by atoms with van der Waals surface area (Å²) in [5, 5.41) is 10.7. The Balaban J connectivity index is 2.85. The van der Waals surface area contributed by atoms with E-state index in [1.807, 2.05) is 19.0 Å². The van der Waals surface area contributed by atoms with Gasteiger partial charge in [0.15, 0.2) is 0 Å². The molecule has 0 aliphatic rings. The number of hydrogen-bond acceptors (Lipinski definition) is 4. The summed E-state index contributed by atoms with van der Waals surface area (Å²) >= 11 is 5.91. The lowest BCUT2D eigenvalue weighted by atomic mass is 10.2. The molecule has 0 radical (unpaired) electrons. The Bertz CT molecular complexity index is 491. The van der Waals surface area contributed by atoms with E-state index in [-0.39, 0.29) is 22.2 Å². The van der Waals surface area contributed by atoms with Gasteiger partial charge in [-0.2, -0.15) is 0 Å². The molecule has 0 N–H and O–H groups in total. The molecule has 104 valence electrons. The fourth-order valence-electron chi connectivity index (χ4n) is 1.45. The van der Waals surface area contributed by atoms with Crippen molar-refractivity contribution in [2.45, 2.75) is 0 Å². The lowest BCUT2D eigenvalue weighted by molar-refractivity contribution is -0.384. The van der Waals surface area contributed by atoms with Crippen LogP contribution in [0.4, 0.5) is 5.69 Å². The fourth-order valence-corrected chi connectivity index (χ4v) is 1.70. The highest BCUT2D eigenvalue weighted by Crippen LogP contribution is 2.23. The molecule has 0 atom stereocenters. The van der Waals surface area contributed by atoms with Gasteiger partial charge in [-0.3, -0.25) is 14.9 Å². The summed E-state index contributed by atoms with van der Waals surface area (Å²) in [6, 6.07) is 3.85. The van der Waals surface area contributed by atoms with E-state index in [9.17, 15) is 14.9 Å². The van der Waals surface area contributed by atoms with Crippen LogP contribution in [-0.4, -0.2) is 54.9 Å². The van der Waals surface area contributed by atoms with Crippen molar-refractivity contribution in [3.8, 4) is 0 Å². The first kappa shape index (κ1) is 15.4. The molecular weight excluding hydrogens is 270 g/mol. The number of carbonyl (C=O) groups excluding carboxylic acids is 1. The van der Waals surface area contributed by atoms with Crippen molar-refractivity contribution in [1.82, 2.24) is 9.80 Å². The van der Waals surface area contributed by atoms with Crippen LogP contribution in [0, 0.1) is 10.1 Å². The standard InChI is InChI=1S/C12H16ClN3O3/c1-14(2)6-7-15(3)12(17)10-5-4-9(16(18)19)8-11(10)13/h4-5,8H,6-7H2,1-3H3. The summed E-state index contributed by atoms with van der Waals surface area (Å²) in [4.78, 5) is 25.7. The lowest BCUT2D eigenvalue weighted by Gasteiger charge is -2.20. The second-order valence-electron chi connectivity index (χ2n) is 4.45. The van der Waals surface area contributed by atoms with Gasteiger partial charge in [0.1, 0.15) is 0 Å². The van der Waals surface area contributed by atoms with Gasteiger partial charge in [-0.25, -0.2) is 0 Å². The number of non-ortho nitro benzene ring substituents is 1. The zero-order valence-electron chi connectivity index (χ0n) is 11.1. The van der Waals surface area contributed by atoms with Crippen molar-refractivity contribution < 1.29 is 9.72 Å². The SMILES string of the molecule is CN(C)CCN(C)C(=O)c1ccc([N+](=O)[O-])cc1Cl. The third-order valence-corrected chi connectivity index (χ3v) is 2.94. The molecule has 1 aromatic carbocycles. The van der Waals surface area contributed by atoms with Crippen LogP contribution in [0.25, 0.3) is 0 Å². The molecule has 0 heterocycles. The van der Waals surface area contributed by atoms with Crippen LogP contribution >= 0.6 is 11.6 Å². The van der Waals surface area contributed by atoms with E-state index in [1.54, 1.807) is 7.05 Å². The molecule has 1 aromatic rings.